The number of aromatic nitrogens is 2. The lowest BCUT2D eigenvalue weighted by Gasteiger charge is -2.18. The second-order valence-electron chi connectivity index (χ2n) is 5.04. The van der Waals surface area contributed by atoms with Crippen LogP contribution in [0.15, 0.2) is 41.2 Å². The molecule has 3 rings (SSSR count). The Bertz CT molecular complexity index is 843. The van der Waals surface area contributed by atoms with Crippen LogP contribution < -0.4 is 5.56 Å². The van der Waals surface area contributed by atoms with Crippen molar-refractivity contribution < 1.29 is 0 Å². The second kappa shape index (κ2) is 6.60. The lowest BCUT2D eigenvalue weighted by Crippen LogP contribution is -2.25. The first-order chi connectivity index (χ1) is 10.7. The number of H-pyrrole nitrogens is 1. The summed E-state index contributed by atoms with van der Waals surface area (Å²) >= 11 is 7.55. The summed E-state index contributed by atoms with van der Waals surface area (Å²) in [6.45, 7) is 4.36. The molecule has 6 heteroatoms. The van der Waals surface area contributed by atoms with Crippen molar-refractivity contribution in [1.82, 2.24) is 14.9 Å². The highest BCUT2D eigenvalue weighted by Crippen LogP contribution is 2.23. The summed E-state index contributed by atoms with van der Waals surface area (Å²) in [6.07, 6.45) is 0. The highest BCUT2D eigenvalue weighted by atomic mass is 35.5. The molecule has 0 aliphatic rings. The molecule has 22 heavy (non-hydrogen) atoms. The van der Waals surface area contributed by atoms with E-state index in [-0.39, 0.29) is 5.56 Å². The van der Waals surface area contributed by atoms with Gasteiger partial charge in [0.2, 0.25) is 0 Å². The second-order valence-corrected chi connectivity index (χ2v) is 6.84. The molecule has 2 aromatic heterocycles. The molecule has 0 fully saturated rings. The first-order valence-corrected chi connectivity index (χ1v) is 8.29. The molecule has 1 aromatic carbocycles. The van der Waals surface area contributed by atoms with Crippen LogP contribution in [-0.4, -0.2) is 21.4 Å². The van der Waals surface area contributed by atoms with Gasteiger partial charge in [0.15, 0.2) is 0 Å². The summed E-state index contributed by atoms with van der Waals surface area (Å²) < 4.78 is 0.795. The van der Waals surface area contributed by atoms with Crippen molar-refractivity contribution in [1.29, 1.82) is 0 Å². The van der Waals surface area contributed by atoms with Crippen LogP contribution in [0.2, 0.25) is 4.34 Å². The van der Waals surface area contributed by atoms with Gasteiger partial charge in [-0.1, -0.05) is 30.7 Å². The van der Waals surface area contributed by atoms with E-state index in [1.165, 1.54) is 4.88 Å². The molecule has 1 N–H and O–H groups in total. The average Bonchev–Trinajstić information content (AvgIpc) is 2.92. The number of rotatable bonds is 5. The van der Waals surface area contributed by atoms with E-state index in [2.05, 4.69) is 21.8 Å². The average molecular weight is 334 g/mol. The SMILES string of the molecule is CCN(Cc1nc2ccccc2c(=O)[nH]1)Cc1ccc(Cl)s1. The van der Waals surface area contributed by atoms with Crippen molar-refractivity contribution in [2.45, 2.75) is 20.0 Å². The minimum absolute atomic E-state index is 0.0872. The molecule has 0 amide bonds. The van der Waals surface area contributed by atoms with Crippen molar-refractivity contribution >= 4 is 33.8 Å². The molecule has 0 saturated carbocycles. The number of hydrogen-bond donors (Lipinski definition) is 1. The molecule has 0 bridgehead atoms. The molecule has 0 atom stereocenters. The fourth-order valence-electron chi connectivity index (χ4n) is 2.36. The Morgan fingerprint density at radius 2 is 2.05 bits per heavy atom. The summed E-state index contributed by atoms with van der Waals surface area (Å²) in [5.74, 6) is 0.688. The van der Waals surface area contributed by atoms with Crippen LogP contribution in [0, 0.1) is 0 Å². The molecule has 0 unspecified atom stereocenters. The predicted octanol–water partition coefficient (Wildman–Crippen LogP) is 3.66. The van der Waals surface area contributed by atoms with Gasteiger partial charge < -0.3 is 4.98 Å². The van der Waals surface area contributed by atoms with Crippen molar-refractivity contribution in [2.24, 2.45) is 0 Å². The first-order valence-electron chi connectivity index (χ1n) is 7.10. The summed E-state index contributed by atoms with van der Waals surface area (Å²) in [6, 6.07) is 11.3. The van der Waals surface area contributed by atoms with Gasteiger partial charge in [-0.3, -0.25) is 9.69 Å². The predicted molar refractivity (Wildman–Crippen MR) is 91.5 cm³/mol. The Balaban J connectivity index is 1.82. The zero-order valence-corrected chi connectivity index (χ0v) is 13.7. The maximum Gasteiger partial charge on any atom is 0.258 e. The van der Waals surface area contributed by atoms with Crippen molar-refractivity contribution in [3.05, 3.63) is 61.8 Å². The number of aromatic amines is 1. The molecular formula is C16H16ClN3OS. The van der Waals surface area contributed by atoms with Crippen LogP contribution in [-0.2, 0) is 13.1 Å². The fourth-order valence-corrected chi connectivity index (χ4v) is 3.49. The molecule has 0 saturated heterocycles. The third-order valence-electron chi connectivity index (χ3n) is 3.49. The standard InChI is InChI=1S/C16H16ClN3OS/c1-2-20(9-11-7-8-14(17)22-11)10-15-18-13-6-4-3-5-12(13)16(21)19-15/h3-8H,2,9-10H2,1H3,(H,18,19,21). The number of thiophene rings is 1. The molecule has 0 aliphatic heterocycles. The molecular weight excluding hydrogens is 318 g/mol. The Kier molecular flexibility index (Phi) is 4.57. The van der Waals surface area contributed by atoms with Crippen LogP contribution in [0.25, 0.3) is 10.9 Å². The molecule has 0 spiro atoms. The Morgan fingerprint density at radius 3 is 2.77 bits per heavy atom. The molecule has 114 valence electrons. The maximum atomic E-state index is 12.1. The van der Waals surface area contributed by atoms with E-state index in [1.54, 1.807) is 17.4 Å². The lowest BCUT2D eigenvalue weighted by molar-refractivity contribution is 0.267. The number of para-hydroxylation sites is 1. The van der Waals surface area contributed by atoms with Gasteiger partial charge >= 0.3 is 0 Å². The number of halogens is 1. The quantitative estimate of drug-likeness (QED) is 0.775. The molecule has 0 radical (unpaired) electrons. The van der Waals surface area contributed by atoms with Gasteiger partial charge in [0.1, 0.15) is 5.82 Å². The van der Waals surface area contributed by atoms with E-state index in [0.29, 0.717) is 17.8 Å². The highest BCUT2D eigenvalue weighted by Gasteiger charge is 2.10. The van der Waals surface area contributed by atoms with Gasteiger partial charge in [0.05, 0.1) is 21.8 Å². The number of fused-ring (bicyclic) bond motifs is 1. The largest absolute Gasteiger partial charge is 0.309 e. The summed E-state index contributed by atoms with van der Waals surface area (Å²) in [5, 5.41) is 0.624. The van der Waals surface area contributed by atoms with Crippen LogP contribution in [0.1, 0.15) is 17.6 Å². The van der Waals surface area contributed by atoms with Crippen LogP contribution in [0.3, 0.4) is 0 Å². The first kappa shape index (κ1) is 15.2. The smallest absolute Gasteiger partial charge is 0.258 e. The van der Waals surface area contributed by atoms with E-state index in [9.17, 15) is 4.79 Å². The lowest BCUT2D eigenvalue weighted by atomic mass is 10.2. The molecule has 2 heterocycles. The normalized spacial score (nSPS) is 11.4. The van der Waals surface area contributed by atoms with Crippen molar-refractivity contribution in [3.63, 3.8) is 0 Å². The van der Waals surface area contributed by atoms with Gasteiger partial charge in [-0.2, -0.15) is 0 Å². The topological polar surface area (TPSA) is 49.0 Å². The Hall–Kier alpha value is -1.69. The summed E-state index contributed by atoms with van der Waals surface area (Å²) in [4.78, 5) is 22.9. The summed E-state index contributed by atoms with van der Waals surface area (Å²) in [5.41, 5.74) is 0.646. The summed E-state index contributed by atoms with van der Waals surface area (Å²) in [7, 11) is 0. The van der Waals surface area contributed by atoms with E-state index >= 15 is 0 Å². The van der Waals surface area contributed by atoms with Crippen LogP contribution >= 0.6 is 22.9 Å². The number of benzene rings is 1. The third kappa shape index (κ3) is 3.38. The molecule has 4 nitrogen and oxygen atoms in total. The van der Waals surface area contributed by atoms with E-state index in [1.807, 2.05) is 30.3 Å². The number of nitrogens with one attached hydrogen (secondary N) is 1. The van der Waals surface area contributed by atoms with Gasteiger partial charge in [0, 0.05) is 11.4 Å². The van der Waals surface area contributed by atoms with Gasteiger partial charge in [0.25, 0.3) is 5.56 Å². The fraction of sp³-hybridized carbons (Fsp3) is 0.250. The minimum atomic E-state index is -0.0872. The van der Waals surface area contributed by atoms with Gasteiger partial charge in [-0.05, 0) is 30.8 Å². The van der Waals surface area contributed by atoms with Gasteiger partial charge in [-0.15, -0.1) is 11.3 Å². The zero-order chi connectivity index (χ0) is 15.5. The molecule has 3 aromatic rings. The van der Waals surface area contributed by atoms with Gasteiger partial charge in [-0.25, -0.2) is 4.98 Å². The number of nitrogens with zero attached hydrogens (tertiary/aromatic N) is 2. The van der Waals surface area contributed by atoms with E-state index in [4.69, 9.17) is 11.6 Å². The van der Waals surface area contributed by atoms with Crippen LogP contribution in [0.5, 0.6) is 0 Å². The Labute approximate surface area is 137 Å². The van der Waals surface area contributed by atoms with Crippen molar-refractivity contribution in [2.75, 3.05) is 6.54 Å². The maximum absolute atomic E-state index is 12.1. The van der Waals surface area contributed by atoms with Crippen molar-refractivity contribution in [3.8, 4) is 0 Å². The monoisotopic (exact) mass is 333 g/mol. The Morgan fingerprint density at radius 1 is 1.23 bits per heavy atom. The number of hydrogen-bond acceptors (Lipinski definition) is 4. The van der Waals surface area contributed by atoms with Crippen LogP contribution in [0.4, 0.5) is 0 Å². The molecule has 0 aliphatic carbocycles. The van der Waals surface area contributed by atoms with E-state index < -0.39 is 0 Å². The zero-order valence-electron chi connectivity index (χ0n) is 12.2. The third-order valence-corrected chi connectivity index (χ3v) is 4.71. The highest BCUT2D eigenvalue weighted by molar-refractivity contribution is 7.16. The van der Waals surface area contributed by atoms with E-state index in [0.717, 1.165) is 22.9 Å². The minimum Gasteiger partial charge on any atom is -0.309 e.